The van der Waals surface area contributed by atoms with Gasteiger partial charge in [-0.3, -0.25) is 4.79 Å². The molecular weight excluding hydrogens is 526 g/mol. The van der Waals surface area contributed by atoms with Gasteiger partial charge in [-0.1, -0.05) is 11.6 Å². The van der Waals surface area contributed by atoms with Gasteiger partial charge in [-0.15, -0.1) is 4.72 Å². The second-order valence-electron chi connectivity index (χ2n) is 6.98. The summed E-state index contributed by atoms with van der Waals surface area (Å²) in [6, 6.07) is 10.4. The number of nitrogens with zero attached hydrogens (tertiary/aromatic N) is 1. The first-order chi connectivity index (χ1) is 17.0. The summed E-state index contributed by atoms with van der Waals surface area (Å²) in [5.41, 5.74) is -1.43. The van der Waals surface area contributed by atoms with Crippen molar-refractivity contribution in [3.63, 3.8) is 0 Å². The Hall–Kier alpha value is -3.50. The third-order valence-electron chi connectivity index (χ3n) is 4.71. The summed E-state index contributed by atoms with van der Waals surface area (Å²) in [5, 5.41) is 10.7. The number of anilines is 1. The van der Waals surface area contributed by atoms with Crippen LogP contribution in [-0.4, -0.2) is 24.6 Å². The molecule has 0 heterocycles. The summed E-state index contributed by atoms with van der Waals surface area (Å²) in [6.07, 6.45) is -4.86. The van der Waals surface area contributed by atoms with Crippen LogP contribution in [0.5, 0.6) is 17.2 Å². The lowest BCUT2D eigenvalue weighted by Gasteiger charge is -2.17. The van der Waals surface area contributed by atoms with E-state index in [1.54, 1.807) is 0 Å². The average molecular weight is 542 g/mol. The molecule has 3 aromatic carbocycles. The van der Waals surface area contributed by atoms with Gasteiger partial charge < -0.3 is 19.3 Å². The van der Waals surface area contributed by atoms with Crippen LogP contribution in [0.25, 0.3) is 0 Å². The fraction of sp³-hybridized carbons (Fsp3) is 0.130. The summed E-state index contributed by atoms with van der Waals surface area (Å²) in [5.74, 6) is -2.30. The van der Waals surface area contributed by atoms with E-state index in [4.69, 9.17) is 26.3 Å². The Bertz CT molecular complexity index is 1350. The molecule has 1 unspecified atom stereocenters. The molecule has 13 heteroatoms. The van der Waals surface area contributed by atoms with Gasteiger partial charge in [0.1, 0.15) is 5.75 Å². The quantitative estimate of drug-likeness (QED) is 0.295. The lowest BCUT2D eigenvalue weighted by Crippen LogP contribution is -2.20. The van der Waals surface area contributed by atoms with Crippen LogP contribution in [0.1, 0.15) is 21.5 Å². The molecule has 7 nitrogen and oxygen atoms in total. The highest BCUT2D eigenvalue weighted by Crippen LogP contribution is 2.41. The average Bonchev–Trinajstić information content (AvgIpc) is 2.84. The number of hydrogen-bond donors (Lipinski definition) is 2. The first-order valence-corrected chi connectivity index (χ1v) is 11.4. The van der Waals surface area contributed by atoms with Crippen LogP contribution < -0.4 is 19.5 Å². The van der Waals surface area contributed by atoms with Crippen LogP contribution in [0.3, 0.4) is 0 Å². The van der Waals surface area contributed by atoms with Gasteiger partial charge in [0.2, 0.25) is 4.90 Å². The Morgan fingerprint density at radius 3 is 2.44 bits per heavy atom. The number of rotatable bonds is 7. The van der Waals surface area contributed by atoms with E-state index in [0.29, 0.717) is 6.07 Å². The van der Waals surface area contributed by atoms with E-state index in [2.05, 4.69) is 10.0 Å². The molecule has 1 atom stereocenters. The van der Waals surface area contributed by atoms with Gasteiger partial charge in [0.05, 0.1) is 46.3 Å². The minimum atomic E-state index is -4.86. The van der Waals surface area contributed by atoms with Crippen molar-refractivity contribution in [2.75, 3.05) is 19.5 Å². The number of nitriles is 1. The lowest BCUT2D eigenvalue weighted by atomic mass is 10.1. The molecule has 1 amide bonds. The van der Waals surface area contributed by atoms with Crippen LogP contribution in [-0.2, 0) is 17.5 Å². The number of halogens is 5. The van der Waals surface area contributed by atoms with E-state index in [0.717, 1.165) is 18.2 Å². The largest absolute Gasteiger partial charge is 0.593 e. The zero-order valence-electron chi connectivity index (χ0n) is 18.5. The van der Waals surface area contributed by atoms with E-state index in [-0.39, 0.29) is 33.2 Å². The van der Waals surface area contributed by atoms with Crippen molar-refractivity contribution >= 4 is 34.6 Å². The van der Waals surface area contributed by atoms with Gasteiger partial charge in [0.15, 0.2) is 17.3 Å². The zero-order valence-corrected chi connectivity index (χ0v) is 20.1. The van der Waals surface area contributed by atoms with Crippen molar-refractivity contribution < 1.29 is 36.4 Å². The van der Waals surface area contributed by atoms with E-state index in [1.165, 1.54) is 38.4 Å². The van der Waals surface area contributed by atoms with E-state index < -0.39 is 45.6 Å². The number of alkyl halides is 3. The van der Waals surface area contributed by atoms with Gasteiger partial charge in [-0.2, -0.15) is 18.4 Å². The molecule has 0 bridgehead atoms. The normalized spacial score (nSPS) is 12.0. The summed E-state index contributed by atoms with van der Waals surface area (Å²) >= 11 is 3.92. The monoisotopic (exact) mass is 541 g/mol. The smallest absolute Gasteiger partial charge is 0.417 e. The van der Waals surface area contributed by atoms with Crippen molar-refractivity contribution in [3.05, 3.63) is 76.1 Å². The number of carbonyl (C=O) groups excluding carboxylic acids is 1. The molecule has 0 radical (unpaired) electrons. The number of hydrogen-bond acceptors (Lipinski definition) is 6. The topological polar surface area (TPSA) is 106 Å². The summed E-state index contributed by atoms with van der Waals surface area (Å²) < 4.78 is 79.6. The van der Waals surface area contributed by atoms with Crippen LogP contribution in [0.4, 0.5) is 23.2 Å². The predicted molar refractivity (Wildman–Crippen MR) is 124 cm³/mol. The first kappa shape index (κ1) is 27.1. The molecule has 0 aliphatic carbocycles. The van der Waals surface area contributed by atoms with Crippen LogP contribution in [0.15, 0.2) is 53.4 Å². The Kier molecular flexibility index (Phi) is 8.31. The molecule has 0 saturated heterocycles. The maximum absolute atomic E-state index is 14.0. The van der Waals surface area contributed by atoms with Gasteiger partial charge in [-0.25, -0.2) is 4.39 Å². The second kappa shape index (κ2) is 11.0. The second-order valence-corrected chi connectivity index (χ2v) is 8.77. The molecule has 3 aromatic rings. The SMILES string of the molecule is CN[S+]([O-])c1cc(NC(=O)c2cc(Cl)c(C(F)(F)F)cc2Oc2ccc(C#N)cc2OC)ccc1F. The number of benzene rings is 3. The van der Waals surface area contributed by atoms with Crippen molar-refractivity contribution in [1.29, 1.82) is 5.26 Å². The Balaban J connectivity index is 2.07. The third-order valence-corrected chi connectivity index (χ3v) is 6.10. The number of ether oxygens (including phenoxy) is 2. The fourth-order valence-corrected chi connectivity index (χ4v) is 3.97. The number of carbonyl (C=O) groups is 1. The Morgan fingerprint density at radius 2 is 1.83 bits per heavy atom. The van der Waals surface area contributed by atoms with Gasteiger partial charge >= 0.3 is 6.18 Å². The van der Waals surface area contributed by atoms with E-state index in [9.17, 15) is 26.9 Å². The van der Waals surface area contributed by atoms with Crippen molar-refractivity contribution in [3.8, 4) is 23.3 Å². The summed E-state index contributed by atoms with van der Waals surface area (Å²) in [7, 11) is 2.60. The molecule has 0 saturated carbocycles. The number of nitrogens with one attached hydrogen (secondary N) is 2. The molecule has 0 spiro atoms. The first-order valence-electron chi connectivity index (χ1n) is 9.85. The van der Waals surface area contributed by atoms with Crippen LogP contribution in [0, 0.1) is 17.1 Å². The van der Waals surface area contributed by atoms with Crippen molar-refractivity contribution in [2.24, 2.45) is 0 Å². The molecular formula is C23H16ClF4N3O4S. The molecule has 0 aromatic heterocycles. The summed E-state index contributed by atoms with van der Waals surface area (Å²) in [4.78, 5) is 12.8. The minimum Gasteiger partial charge on any atom is -0.593 e. The molecule has 0 aliphatic heterocycles. The maximum atomic E-state index is 14.0. The van der Waals surface area contributed by atoms with Crippen LogP contribution in [0.2, 0.25) is 5.02 Å². The molecule has 0 fully saturated rings. The van der Waals surface area contributed by atoms with Crippen molar-refractivity contribution in [1.82, 2.24) is 4.72 Å². The number of amides is 1. The Labute approximate surface area is 210 Å². The van der Waals surface area contributed by atoms with Crippen molar-refractivity contribution in [2.45, 2.75) is 11.1 Å². The Morgan fingerprint density at radius 1 is 1.11 bits per heavy atom. The van der Waals surface area contributed by atoms with E-state index in [1.807, 2.05) is 6.07 Å². The standard InChI is InChI=1S/C23H16ClF4N3O4S/c1-30-36(33)21-8-13(4-5-17(21)25)31-22(32)14-9-16(24)15(23(26,27)28)10-19(14)35-18-6-3-12(11-29)7-20(18)34-2/h3-10,30H,1-2H3,(H,31,32). The highest BCUT2D eigenvalue weighted by molar-refractivity contribution is 7.89. The lowest BCUT2D eigenvalue weighted by molar-refractivity contribution is -0.137. The van der Waals surface area contributed by atoms with Gasteiger partial charge in [-0.05, 0) is 36.4 Å². The number of methoxy groups -OCH3 is 1. The van der Waals surface area contributed by atoms with Crippen LogP contribution >= 0.6 is 11.6 Å². The van der Waals surface area contributed by atoms with Gasteiger partial charge in [0, 0.05) is 24.9 Å². The van der Waals surface area contributed by atoms with E-state index >= 15 is 0 Å². The molecule has 0 aliphatic rings. The zero-order chi connectivity index (χ0) is 26.6. The molecule has 188 valence electrons. The fourth-order valence-electron chi connectivity index (χ4n) is 3.00. The maximum Gasteiger partial charge on any atom is 0.417 e. The highest BCUT2D eigenvalue weighted by atomic mass is 35.5. The molecule has 2 N–H and O–H groups in total. The predicted octanol–water partition coefficient (Wildman–Crippen LogP) is 5.66. The summed E-state index contributed by atoms with van der Waals surface area (Å²) in [6.45, 7) is 0. The molecule has 36 heavy (non-hydrogen) atoms. The highest BCUT2D eigenvalue weighted by Gasteiger charge is 2.35. The molecule has 3 rings (SSSR count). The third kappa shape index (κ3) is 6.00. The van der Waals surface area contributed by atoms with Gasteiger partial charge in [0.25, 0.3) is 5.91 Å². The minimum absolute atomic E-state index is 0.0120.